The molecule has 0 saturated carbocycles. The number of carbonyl (C=O) groups excluding carboxylic acids is 2. The molecule has 0 bridgehead atoms. The molecule has 1 aromatic carbocycles. The molecular formula is C28H31N7O4. The SMILES string of the molecule is CNc1ncc(-c2ccccc2)n(CC(=O)N[C@H](C(=O)c2nnc(C(C)(C)c3ccccn3)o2)C(C)C)c1=O. The smallest absolute Gasteiger partial charge is 0.294 e. The number of benzene rings is 1. The summed E-state index contributed by atoms with van der Waals surface area (Å²) in [7, 11) is 1.58. The first-order valence-electron chi connectivity index (χ1n) is 12.6. The number of rotatable bonds is 10. The third-order valence-electron chi connectivity index (χ3n) is 6.40. The predicted molar refractivity (Wildman–Crippen MR) is 145 cm³/mol. The number of amides is 1. The summed E-state index contributed by atoms with van der Waals surface area (Å²) in [6.07, 6.45) is 3.20. The van der Waals surface area contributed by atoms with E-state index in [1.807, 2.05) is 56.3 Å². The van der Waals surface area contributed by atoms with Crippen LogP contribution in [0.3, 0.4) is 0 Å². The third-order valence-corrected chi connectivity index (χ3v) is 6.40. The summed E-state index contributed by atoms with van der Waals surface area (Å²) in [6, 6.07) is 13.7. The second-order valence-electron chi connectivity index (χ2n) is 9.91. The van der Waals surface area contributed by atoms with Crippen molar-refractivity contribution in [3.8, 4) is 11.3 Å². The Labute approximate surface area is 225 Å². The average molecular weight is 530 g/mol. The van der Waals surface area contributed by atoms with E-state index in [4.69, 9.17) is 4.42 Å². The molecule has 0 aliphatic carbocycles. The number of nitrogens with zero attached hydrogens (tertiary/aromatic N) is 5. The second kappa shape index (κ2) is 11.4. The number of anilines is 1. The fraction of sp³-hybridized carbons (Fsp3) is 0.321. The first kappa shape index (κ1) is 27.4. The second-order valence-corrected chi connectivity index (χ2v) is 9.91. The summed E-state index contributed by atoms with van der Waals surface area (Å²) in [4.78, 5) is 48.2. The average Bonchev–Trinajstić information content (AvgIpc) is 3.45. The van der Waals surface area contributed by atoms with Crippen molar-refractivity contribution < 1.29 is 14.0 Å². The quantitative estimate of drug-likeness (QED) is 0.296. The minimum Gasteiger partial charge on any atom is -0.417 e. The summed E-state index contributed by atoms with van der Waals surface area (Å²) in [5.74, 6) is -1.22. The Balaban J connectivity index is 1.57. The number of Topliss-reactive ketones (excluding diaryl/α,β-unsaturated/α-hetero) is 1. The van der Waals surface area contributed by atoms with Crippen molar-refractivity contribution in [3.05, 3.63) is 88.8 Å². The lowest BCUT2D eigenvalue weighted by molar-refractivity contribution is -0.122. The first-order chi connectivity index (χ1) is 18.6. The van der Waals surface area contributed by atoms with Crippen LogP contribution in [-0.2, 0) is 16.8 Å². The minimum absolute atomic E-state index is 0.105. The zero-order valence-corrected chi connectivity index (χ0v) is 22.5. The van der Waals surface area contributed by atoms with Gasteiger partial charge in [-0.15, -0.1) is 10.2 Å². The number of hydrogen-bond acceptors (Lipinski definition) is 9. The Bertz CT molecular complexity index is 1510. The molecule has 0 aliphatic rings. The highest BCUT2D eigenvalue weighted by Crippen LogP contribution is 2.29. The summed E-state index contributed by atoms with van der Waals surface area (Å²) in [5.41, 5.74) is 0.715. The van der Waals surface area contributed by atoms with Crippen molar-refractivity contribution in [1.82, 2.24) is 30.0 Å². The monoisotopic (exact) mass is 529 g/mol. The van der Waals surface area contributed by atoms with Crippen LogP contribution in [0.4, 0.5) is 5.82 Å². The molecule has 1 atom stereocenters. The van der Waals surface area contributed by atoms with Crippen molar-refractivity contribution >= 4 is 17.5 Å². The molecule has 4 aromatic rings. The molecule has 0 spiro atoms. The number of aromatic nitrogens is 5. The van der Waals surface area contributed by atoms with Gasteiger partial charge in [0.2, 0.25) is 17.6 Å². The topological polar surface area (TPSA) is 145 Å². The van der Waals surface area contributed by atoms with E-state index in [2.05, 4.69) is 30.8 Å². The first-order valence-corrected chi connectivity index (χ1v) is 12.6. The van der Waals surface area contributed by atoms with Gasteiger partial charge in [0, 0.05) is 13.2 Å². The molecule has 0 fully saturated rings. The van der Waals surface area contributed by atoms with Crippen LogP contribution < -0.4 is 16.2 Å². The summed E-state index contributed by atoms with van der Waals surface area (Å²) in [5, 5.41) is 13.6. The van der Waals surface area contributed by atoms with Crippen LogP contribution in [0, 0.1) is 5.92 Å². The van der Waals surface area contributed by atoms with E-state index >= 15 is 0 Å². The van der Waals surface area contributed by atoms with Crippen LogP contribution >= 0.6 is 0 Å². The molecule has 3 heterocycles. The standard InChI is InChI=1S/C28H31N7O4/c1-17(2)22(23(37)25-33-34-27(39-25)28(3,4)20-13-9-10-14-30-20)32-21(36)16-35-19(18-11-7-6-8-12-18)15-31-24(29-5)26(35)38/h6-15,17,22H,16H2,1-5H3,(H,29,31)(H,32,36)/t22-/m0/s1. The summed E-state index contributed by atoms with van der Waals surface area (Å²) in [6.45, 7) is 7.01. The molecule has 0 saturated heterocycles. The molecule has 2 N–H and O–H groups in total. The molecule has 0 unspecified atom stereocenters. The Morgan fingerprint density at radius 2 is 1.74 bits per heavy atom. The Morgan fingerprint density at radius 3 is 2.38 bits per heavy atom. The van der Waals surface area contributed by atoms with Gasteiger partial charge in [0.15, 0.2) is 5.82 Å². The highest BCUT2D eigenvalue weighted by molar-refractivity contribution is 5.98. The highest BCUT2D eigenvalue weighted by Gasteiger charge is 2.35. The fourth-order valence-corrected chi connectivity index (χ4v) is 4.10. The van der Waals surface area contributed by atoms with Gasteiger partial charge in [0.1, 0.15) is 6.54 Å². The van der Waals surface area contributed by atoms with Gasteiger partial charge in [-0.25, -0.2) is 4.98 Å². The maximum atomic E-state index is 13.4. The van der Waals surface area contributed by atoms with Crippen molar-refractivity contribution in [2.75, 3.05) is 12.4 Å². The number of nitrogens with one attached hydrogen (secondary N) is 2. The molecule has 39 heavy (non-hydrogen) atoms. The Morgan fingerprint density at radius 1 is 1.03 bits per heavy atom. The number of carbonyl (C=O) groups is 2. The third kappa shape index (κ3) is 5.77. The molecule has 202 valence electrons. The van der Waals surface area contributed by atoms with E-state index in [0.717, 1.165) is 5.56 Å². The van der Waals surface area contributed by atoms with Crippen LogP contribution in [0.1, 0.15) is 50.0 Å². The van der Waals surface area contributed by atoms with Gasteiger partial charge in [-0.3, -0.25) is 23.9 Å². The van der Waals surface area contributed by atoms with Gasteiger partial charge in [0.25, 0.3) is 11.4 Å². The van der Waals surface area contributed by atoms with Crippen LogP contribution in [0.25, 0.3) is 11.3 Å². The van der Waals surface area contributed by atoms with E-state index in [-0.39, 0.29) is 30.1 Å². The van der Waals surface area contributed by atoms with E-state index in [9.17, 15) is 14.4 Å². The number of hydrogen-bond donors (Lipinski definition) is 2. The molecule has 0 aliphatic heterocycles. The molecule has 3 aromatic heterocycles. The lowest BCUT2D eigenvalue weighted by Gasteiger charge is -2.21. The zero-order valence-electron chi connectivity index (χ0n) is 22.5. The molecular weight excluding hydrogens is 498 g/mol. The maximum absolute atomic E-state index is 13.4. The lowest BCUT2D eigenvalue weighted by atomic mass is 9.89. The number of ketones is 1. The van der Waals surface area contributed by atoms with Crippen molar-refractivity contribution in [2.45, 2.75) is 45.7 Å². The molecule has 4 rings (SSSR count). The normalized spacial score (nSPS) is 12.3. The fourth-order valence-electron chi connectivity index (χ4n) is 4.10. The van der Waals surface area contributed by atoms with Gasteiger partial charge >= 0.3 is 0 Å². The zero-order chi connectivity index (χ0) is 28.2. The van der Waals surface area contributed by atoms with Gasteiger partial charge < -0.3 is 15.1 Å². The van der Waals surface area contributed by atoms with Gasteiger partial charge in [-0.2, -0.15) is 0 Å². The summed E-state index contributed by atoms with van der Waals surface area (Å²) < 4.78 is 7.11. The van der Waals surface area contributed by atoms with Crippen molar-refractivity contribution in [3.63, 3.8) is 0 Å². The van der Waals surface area contributed by atoms with E-state index in [0.29, 0.717) is 11.4 Å². The van der Waals surface area contributed by atoms with Gasteiger partial charge in [0.05, 0.1) is 29.0 Å². The van der Waals surface area contributed by atoms with Crippen LogP contribution in [-0.4, -0.2) is 49.5 Å². The van der Waals surface area contributed by atoms with Crippen LogP contribution in [0.5, 0.6) is 0 Å². The maximum Gasteiger partial charge on any atom is 0.294 e. The van der Waals surface area contributed by atoms with Crippen molar-refractivity contribution in [2.24, 2.45) is 5.92 Å². The predicted octanol–water partition coefficient (Wildman–Crippen LogP) is 3.08. The van der Waals surface area contributed by atoms with Crippen molar-refractivity contribution in [1.29, 1.82) is 0 Å². The molecule has 1 amide bonds. The van der Waals surface area contributed by atoms with Gasteiger partial charge in [-0.1, -0.05) is 50.2 Å². The summed E-state index contributed by atoms with van der Waals surface area (Å²) >= 11 is 0. The van der Waals surface area contributed by atoms with Crippen LogP contribution in [0.2, 0.25) is 0 Å². The van der Waals surface area contributed by atoms with E-state index < -0.39 is 28.7 Å². The minimum atomic E-state index is -0.953. The van der Waals surface area contributed by atoms with Crippen LogP contribution in [0.15, 0.2) is 70.1 Å². The molecule has 0 radical (unpaired) electrons. The lowest BCUT2D eigenvalue weighted by Crippen LogP contribution is -2.46. The largest absolute Gasteiger partial charge is 0.417 e. The Kier molecular flexibility index (Phi) is 7.99. The molecule has 11 heteroatoms. The number of pyridine rings is 1. The van der Waals surface area contributed by atoms with E-state index in [1.54, 1.807) is 33.2 Å². The van der Waals surface area contributed by atoms with E-state index in [1.165, 1.54) is 10.8 Å². The highest BCUT2D eigenvalue weighted by atomic mass is 16.4. The Hall–Kier alpha value is -4.67. The molecule has 11 nitrogen and oxygen atoms in total. The van der Waals surface area contributed by atoms with Gasteiger partial charge in [-0.05, 0) is 37.5 Å².